The van der Waals surface area contributed by atoms with E-state index in [0.29, 0.717) is 37.2 Å². The molecule has 0 spiro atoms. The van der Waals surface area contributed by atoms with Crippen LogP contribution in [0.25, 0.3) is 11.1 Å². The van der Waals surface area contributed by atoms with Crippen LogP contribution in [0.1, 0.15) is 57.4 Å². The number of carbonyl (C=O) groups is 1. The number of halogens is 3. The van der Waals surface area contributed by atoms with E-state index >= 15 is 4.39 Å². The SMILES string of the molecule is CS(=O)(=O)c1ccc(C2=C(c3ccc(CC4CN(CCCF)C4)cc3)c3ccc(C(=O)O)cc3CCC2)c(F)c1.Cl. The molecule has 3 aromatic carbocycles. The largest absolute Gasteiger partial charge is 0.478 e. The third kappa shape index (κ3) is 6.88. The van der Waals surface area contributed by atoms with E-state index in [1.807, 2.05) is 12.1 Å². The summed E-state index contributed by atoms with van der Waals surface area (Å²) >= 11 is 0. The van der Waals surface area contributed by atoms with Crippen LogP contribution in [0.2, 0.25) is 0 Å². The van der Waals surface area contributed by atoms with Crippen molar-refractivity contribution in [3.05, 3.63) is 99.9 Å². The lowest BCUT2D eigenvalue weighted by atomic mass is 9.86. The molecule has 0 atom stereocenters. The van der Waals surface area contributed by atoms with E-state index in [9.17, 15) is 22.7 Å². The number of nitrogens with zero attached hydrogens (tertiary/aromatic N) is 1. The average molecular weight is 602 g/mol. The average Bonchev–Trinajstić information content (AvgIpc) is 3.08. The predicted octanol–water partition coefficient (Wildman–Crippen LogP) is 6.48. The highest BCUT2D eigenvalue weighted by molar-refractivity contribution is 7.90. The minimum Gasteiger partial charge on any atom is -0.478 e. The lowest BCUT2D eigenvalue weighted by molar-refractivity contribution is 0.0696. The van der Waals surface area contributed by atoms with E-state index in [2.05, 4.69) is 17.0 Å². The Morgan fingerprint density at radius 2 is 1.71 bits per heavy atom. The third-order valence-corrected chi connectivity index (χ3v) is 9.01. The van der Waals surface area contributed by atoms with Gasteiger partial charge in [-0.3, -0.25) is 4.39 Å². The van der Waals surface area contributed by atoms with Crippen LogP contribution in [0.5, 0.6) is 0 Å². The fraction of sp³-hybridized carbons (Fsp3) is 0.344. The van der Waals surface area contributed by atoms with Gasteiger partial charge in [-0.25, -0.2) is 17.6 Å². The molecule has 2 aliphatic rings. The molecule has 0 bridgehead atoms. The highest BCUT2D eigenvalue weighted by Crippen LogP contribution is 2.41. The van der Waals surface area contributed by atoms with Crippen LogP contribution < -0.4 is 0 Å². The molecule has 218 valence electrons. The first-order valence-corrected chi connectivity index (χ1v) is 15.5. The summed E-state index contributed by atoms with van der Waals surface area (Å²) in [5.74, 6) is -1.06. The van der Waals surface area contributed by atoms with Gasteiger partial charge in [-0.05, 0) is 95.7 Å². The van der Waals surface area contributed by atoms with E-state index in [0.717, 1.165) is 66.2 Å². The summed E-state index contributed by atoms with van der Waals surface area (Å²) in [6.45, 7) is 2.46. The number of carboxylic acids is 1. The van der Waals surface area contributed by atoms with E-state index < -0.39 is 21.6 Å². The van der Waals surface area contributed by atoms with Crippen molar-refractivity contribution in [1.82, 2.24) is 4.90 Å². The topological polar surface area (TPSA) is 74.7 Å². The van der Waals surface area contributed by atoms with Crippen LogP contribution in [-0.4, -0.2) is 57.0 Å². The first-order valence-electron chi connectivity index (χ1n) is 13.6. The summed E-state index contributed by atoms with van der Waals surface area (Å²) in [6, 6.07) is 17.4. The third-order valence-electron chi connectivity index (χ3n) is 7.90. The van der Waals surface area contributed by atoms with Gasteiger partial charge in [0.2, 0.25) is 0 Å². The smallest absolute Gasteiger partial charge is 0.335 e. The number of aryl methyl sites for hydroxylation is 1. The Morgan fingerprint density at radius 1 is 1.00 bits per heavy atom. The lowest BCUT2D eigenvalue weighted by Gasteiger charge is -2.39. The number of carboxylic acid groups (broad SMARTS) is 1. The van der Waals surface area contributed by atoms with Gasteiger partial charge < -0.3 is 10.0 Å². The Kier molecular flexibility index (Phi) is 9.67. The van der Waals surface area contributed by atoms with Gasteiger partial charge in [-0.1, -0.05) is 36.4 Å². The molecule has 41 heavy (non-hydrogen) atoms. The first-order chi connectivity index (χ1) is 19.1. The second-order valence-electron chi connectivity index (χ2n) is 10.9. The maximum Gasteiger partial charge on any atom is 0.335 e. The van der Waals surface area contributed by atoms with Crippen molar-refractivity contribution < 1.29 is 27.1 Å². The molecule has 1 saturated heterocycles. The predicted molar refractivity (Wildman–Crippen MR) is 160 cm³/mol. The molecule has 5 nitrogen and oxygen atoms in total. The van der Waals surface area contributed by atoms with Crippen molar-refractivity contribution in [1.29, 1.82) is 0 Å². The summed E-state index contributed by atoms with van der Waals surface area (Å²) in [7, 11) is -3.56. The van der Waals surface area contributed by atoms with Gasteiger partial charge in [0.1, 0.15) is 5.82 Å². The molecule has 1 aliphatic carbocycles. The Morgan fingerprint density at radius 3 is 2.34 bits per heavy atom. The number of sulfone groups is 1. The standard InChI is InChI=1S/C32H33F2NO4S.ClH/c1-40(38,39)26-11-13-28(30(34)18-26)29-5-2-4-24-17-25(32(36)37)10-12-27(24)31(29)23-8-6-21(7-9-23)16-22-19-35(20-22)15-3-14-33;/h6-13,17-18,22H,2-5,14-16,19-20H2,1H3,(H,36,37);1H. The number of fused-ring (bicyclic) bond motifs is 1. The normalized spacial score (nSPS) is 16.0. The summed E-state index contributed by atoms with van der Waals surface area (Å²) < 4.78 is 52.0. The maximum absolute atomic E-state index is 15.5. The molecular weight excluding hydrogens is 568 g/mol. The number of hydrogen-bond donors (Lipinski definition) is 1. The second kappa shape index (κ2) is 12.8. The van der Waals surface area contributed by atoms with Crippen molar-refractivity contribution in [2.75, 3.05) is 32.6 Å². The molecule has 0 radical (unpaired) electrons. The molecule has 1 N–H and O–H groups in total. The molecule has 1 heterocycles. The van der Waals surface area contributed by atoms with E-state index in [1.165, 1.54) is 17.7 Å². The zero-order valence-electron chi connectivity index (χ0n) is 22.9. The first kappa shape index (κ1) is 30.9. The molecule has 0 aromatic heterocycles. The Hall–Kier alpha value is -3.07. The zero-order chi connectivity index (χ0) is 28.4. The maximum atomic E-state index is 15.5. The Balaban J connectivity index is 0.00000387. The zero-order valence-corrected chi connectivity index (χ0v) is 24.5. The Bertz CT molecular complexity index is 1570. The van der Waals surface area contributed by atoms with Crippen molar-refractivity contribution in [2.45, 2.75) is 37.0 Å². The van der Waals surface area contributed by atoms with Gasteiger partial charge in [0, 0.05) is 31.5 Å². The number of likely N-dealkylation sites (tertiary alicyclic amines) is 1. The second-order valence-corrected chi connectivity index (χ2v) is 12.9. The summed E-state index contributed by atoms with van der Waals surface area (Å²) in [5.41, 5.74) is 6.02. The molecule has 0 unspecified atom stereocenters. The van der Waals surface area contributed by atoms with Crippen molar-refractivity contribution >= 4 is 39.4 Å². The van der Waals surface area contributed by atoms with Crippen LogP contribution in [0, 0.1) is 11.7 Å². The van der Waals surface area contributed by atoms with Crippen LogP contribution >= 0.6 is 12.4 Å². The number of aromatic carboxylic acids is 1. The van der Waals surface area contributed by atoms with Gasteiger partial charge >= 0.3 is 5.97 Å². The van der Waals surface area contributed by atoms with Crippen LogP contribution in [0.4, 0.5) is 8.78 Å². The van der Waals surface area contributed by atoms with Gasteiger partial charge in [0.25, 0.3) is 0 Å². The number of benzene rings is 3. The highest BCUT2D eigenvalue weighted by Gasteiger charge is 2.27. The van der Waals surface area contributed by atoms with E-state index in [1.54, 1.807) is 18.2 Å². The molecule has 1 fully saturated rings. The van der Waals surface area contributed by atoms with Crippen LogP contribution in [-0.2, 0) is 22.7 Å². The van der Waals surface area contributed by atoms with E-state index in [4.69, 9.17) is 0 Å². The van der Waals surface area contributed by atoms with Crippen LogP contribution in [0.3, 0.4) is 0 Å². The molecule has 3 aromatic rings. The summed E-state index contributed by atoms with van der Waals surface area (Å²) in [6.07, 6.45) is 4.46. The van der Waals surface area contributed by atoms with Crippen LogP contribution in [0.15, 0.2) is 65.6 Å². The molecule has 5 rings (SSSR count). The number of alkyl halides is 1. The monoisotopic (exact) mass is 601 g/mol. The van der Waals surface area contributed by atoms with Gasteiger partial charge in [0.05, 0.1) is 17.1 Å². The Labute approximate surface area is 246 Å². The number of hydrogen-bond acceptors (Lipinski definition) is 4. The lowest BCUT2D eigenvalue weighted by Crippen LogP contribution is -2.47. The fourth-order valence-electron chi connectivity index (χ4n) is 5.90. The van der Waals surface area contributed by atoms with Crippen molar-refractivity contribution in [3.63, 3.8) is 0 Å². The minimum atomic E-state index is -3.56. The molecule has 0 saturated carbocycles. The fourth-order valence-corrected chi connectivity index (χ4v) is 6.54. The van der Waals surface area contributed by atoms with Crippen molar-refractivity contribution in [3.8, 4) is 0 Å². The van der Waals surface area contributed by atoms with Gasteiger partial charge in [-0.2, -0.15) is 0 Å². The summed E-state index contributed by atoms with van der Waals surface area (Å²) in [5, 5.41) is 9.55. The quantitative estimate of drug-likeness (QED) is 0.304. The highest BCUT2D eigenvalue weighted by atomic mass is 35.5. The van der Waals surface area contributed by atoms with Gasteiger partial charge in [-0.15, -0.1) is 12.4 Å². The number of allylic oxidation sites excluding steroid dienone is 1. The number of rotatable bonds is 9. The summed E-state index contributed by atoms with van der Waals surface area (Å²) in [4.78, 5) is 13.9. The molecule has 9 heteroatoms. The minimum absolute atomic E-state index is 0. The molecular formula is C32H34ClF2NO4S. The van der Waals surface area contributed by atoms with Gasteiger partial charge in [0.15, 0.2) is 9.84 Å². The van der Waals surface area contributed by atoms with E-state index in [-0.39, 0.29) is 29.5 Å². The molecule has 1 aliphatic heterocycles. The van der Waals surface area contributed by atoms with Crippen molar-refractivity contribution in [2.24, 2.45) is 5.92 Å². The molecule has 0 amide bonds.